The number of anilines is 1. The lowest BCUT2D eigenvalue weighted by molar-refractivity contribution is -0.142. The molecule has 2 aromatic rings. The smallest absolute Gasteiger partial charge is 0.418 e. The van der Waals surface area contributed by atoms with Crippen LogP contribution in [0.15, 0.2) is 47.4 Å². The fourth-order valence-electron chi connectivity index (χ4n) is 4.70. The number of nitrogens with one attached hydrogen (secondary N) is 2. The van der Waals surface area contributed by atoms with Gasteiger partial charge in [-0.15, -0.1) is 11.8 Å². The highest BCUT2D eigenvalue weighted by molar-refractivity contribution is 7.99. The molecule has 176 valence electrons. The number of fused-ring (bicyclic) bond motifs is 3. The first-order valence-corrected chi connectivity index (χ1v) is 12.1. The second kappa shape index (κ2) is 8.68. The van der Waals surface area contributed by atoms with Crippen LogP contribution in [0.5, 0.6) is 0 Å². The van der Waals surface area contributed by atoms with Crippen LogP contribution in [0.2, 0.25) is 0 Å². The molecule has 2 aliphatic heterocycles. The Kier molecular flexibility index (Phi) is 5.68. The molecule has 5 rings (SSSR count). The molecule has 1 saturated heterocycles. The Labute approximate surface area is 200 Å². The van der Waals surface area contributed by atoms with Crippen LogP contribution in [0.1, 0.15) is 23.1 Å². The zero-order valence-corrected chi connectivity index (χ0v) is 19.4. The Bertz CT molecular complexity index is 1200. The third-order valence-corrected chi connectivity index (χ3v) is 7.54. The Morgan fingerprint density at radius 1 is 1.15 bits per heavy atom. The molecule has 1 fully saturated rings. The molecule has 34 heavy (non-hydrogen) atoms. The molecule has 1 spiro atoms. The van der Waals surface area contributed by atoms with Gasteiger partial charge in [0.15, 0.2) is 0 Å². The number of hydrogen-bond donors (Lipinski definition) is 2. The first kappa shape index (κ1) is 22.3. The van der Waals surface area contributed by atoms with Gasteiger partial charge in [-0.25, -0.2) is 14.5 Å². The molecular formula is C24H24N4O5S. The third kappa shape index (κ3) is 3.77. The summed E-state index contributed by atoms with van der Waals surface area (Å²) >= 11 is 1.69. The summed E-state index contributed by atoms with van der Waals surface area (Å²) in [6.07, 6.45) is 0.0113. The predicted molar refractivity (Wildman–Crippen MR) is 125 cm³/mol. The molecule has 3 aliphatic rings. The van der Waals surface area contributed by atoms with Gasteiger partial charge in [0, 0.05) is 48.5 Å². The molecule has 5 amide bonds. The zero-order chi connectivity index (χ0) is 23.9. The van der Waals surface area contributed by atoms with Crippen LogP contribution < -0.4 is 10.6 Å². The summed E-state index contributed by atoms with van der Waals surface area (Å²) in [5, 5.41) is 5.18. The lowest BCUT2D eigenvalue weighted by Crippen LogP contribution is -2.44. The van der Waals surface area contributed by atoms with E-state index in [1.807, 2.05) is 24.3 Å². The van der Waals surface area contributed by atoms with Crippen molar-refractivity contribution in [1.29, 1.82) is 0 Å². The lowest BCUT2D eigenvalue weighted by Gasteiger charge is -2.23. The Hall–Kier alpha value is -3.53. The highest BCUT2D eigenvalue weighted by atomic mass is 32.2. The first-order valence-electron chi connectivity index (χ1n) is 11.1. The van der Waals surface area contributed by atoms with Crippen LogP contribution >= 0.6 is 11.8 Å². The van der Waals surface area contributed by atoms with Gasteiger partial charge in [-0.2, -0.15) is 0 Å². The van der Waals surface area contributed by atoms with Gasteiger partial charge in [-0.05, 0) is 35.7 Å². The number of rotatable bonds is 3. The number of urea groups is 1. The summed E-state index contributed by atoms with van der Waals surface area (Å²) in [6, 6.07) is 12.7. The van der Waals surface area contributed by atoms with E-state index < -0.39 is 17.6 Å². The van der Waals surface area contributed by atoms with Crippen molar-refractivity contribution in [3.8, 4) is 0 Å². The second-order valence-electron chi connectivity index (χ2n) is 8.43. The van der Waals surface area contributed by atoms with Crippen molar-refractivity contribution in [2.45, 2.75) is 29.9 Å². The average Bonchev–Trinajstić information content (AvgIpc) is 3.19. The number of carbonyl (C=O) groups is 4. The molecule has 0 radical (unpaired) electrons. The molecule has 0 unspecified atom stereocenters. The molecule has 2 N–H and O–H groups in total. The van der Waals surface area contributed by atoms with Gasteiger partial charge in [0.2, 0.25) is 11.5 Å². The number of carbonyl (C=O) groups excluding carboxylic acids is 4. The number of thioether (sulfide) groups is 1. The van der Waals surface area contributed by atoms with Gasteiger partial charge in [-0.3, -0.25) is 9.59 Å². The van der Waals surface area contributed by atoms with E-state index in [0.29, 0.717) is 37.2 Å². The van der Waals surface area contributed by atoms with Crippen LogP contribution in [0, 0.1) is 0 Å². The molecule has 10 heteroatoms. The minimum Gasteiger partial charge on any atom is -0.427 e. The summed E-state index contributed by atoms with van der Waals surface area (Å²) in [5.41, 5.74) is 1.64. The van der Waals surface area contributed by atoms with E-state index >= 15 is 0 Å². The van der Waals surface area contributed by atoms with E-state index in [1.165, 1.54) is 7.05 Å². The molecule has 1 aliphatic carbocycles. The van der Waals surface area contributed by atoms with Crippen molar-refractivity contribution < 1.29 is 23.9 Å². The number of aryl methyl sites for hydroxylation is 1. The van der Waals surface area contributed by atoms with Crippen LogP contribution in [-0.4, -0.2) is 59.6 Å². The van der Waals surface area contributed by atoms with E-state index in [2.05, 4.69) is 10.6 Å². The molecular weight excluding hydrogens is 456 g/mol. The minimum absolute atomic E-state index is 0.289. The van der Waals surface area contributed by atoms with Crippen LogP contribution in [-0.2, 0) is 32.9 Å². The summed E-state index contributed by atoms with van der Waals surface area (Å²) in [4.78, 5) is 54.6. The minimum atomic E-state index is -1.42. The van der Waals surface area contributed by atoms with Crippen molar-refractivity contribution >= 4 is 41.4 Å². The monoisotopic (exact) mass is 480 g/mol. The quantitative estimate of drug-likeness (QED) is 0.700. The Morgan fingerprint density at radius 2 is 1.97 bits per heavy atom. The maximum absolute atomic E-state index is 13.4. The SMILES string of the molecule is CNC(=O)Nc1ccc2c(c1)CC[C@]21OC(=O)N(CC(=O)N2CCSc3ccccc3C2)C1=O. The molecule has 9 nitrogen and oxygen atoms in total. The van der Waals surface area contributed by atoms with Crippen molar-refractivity contribution in [1.82, 2.24) is 15.1 Å². The fourth-order valence-corrected chi connectivity index (χ4v) is 5.72. The zero-order valence-electron chi connectivity index (χ0n) is 18.6. The van der Waals surface area contributed by atoms with E-state index in [0.717, 1.165) is 26.7 Å². The number of imide groups is 1. The van der Waals surface area contributed by atoms with Gasteiger partial charge in [-0.1, -0.05) is 24.3 Å². The average molecular weight is 481 g/mol. The van der Waals surface area contributed by atoms with Gasteiger partial charge >= 0.3 is 12.1 Å². The Balaban J connectivity index is 1.33. The number of ether oxygens (including phenoxy) is 1. The Morgan fingerprint density at radius 3 is 2.79 bits per heavy atom. The van der Waals surface area contributed by atoms with Crippen LogP contribution in [0.4, 0.5) is 15.3 Å². The van der Waals surface area contributed by atoms with Gasteiger partial charge in [0.05, 0.1) is 0 Å². The highest BCUT2D eigenvalue weighted by Gasteiger charge is 2.58. The summed E-state index contributed by atoms with van der Waals surface area (Å²) in [7, 11) is 1.52. The molecule has 0 saturated carbocycles. The standard InChI is InChI=1S/C24H24N4O5S/c1-25-22(31)26-17-6-7-18-15(12-17)8-9-24(18)21(30)28(23(32)33-24)14-20(29)27-10-11-34-19-5-3-2-4-16(19)13-27/h2-7,12H,8-11,13-14H2,1H3,(H2,25,26,31)/t24-/m0/s1. The number of nitrogens with zero attached hydrogens (tertiary/aromatic N) is 2. The van der Waals surface area contributed by atoms with Gasteiger partial charge < -0.3 is 20.3 Å². The van der Waals surface area contributed by atoms with Crippen LogP contribution in [0.25, 0.3) is 0 Å². The normalized spacial score (nSPS) is 21.1. The van der Waals surface area contributed by atoms with E-state index in [9.17, 15) is 19.2 Å². The fraction of sp³-hybridized carbons (Fsp3) is 0.333. The molecule has 2 heterocycles. The number of amides is 5. The van der Waals surface area contributed by atoms with E-state index in [-0.39, 0.29) is 18.5 Å². The molecule has 2 aromatic carbocycles. The summed E-state index contributed by atoms with van der Waals surface area (Å²) in [5.74, 6) is -0.0607. The van der Waals surface area contributed by atoms with Crippen LogP contribution in [0.3, 0.4) is 0 Å². The van der Waals surface area contributed by atoms with Crippen molar-refractivity contribution in [2.75, 3.05) is 31.2 Å². The maximum atomic E-state index is 13.4. The van der Waals surface area contributed by atoms with Crippen molar-refractivity contribution in [3.05, 3.63) is 59.2 Å². The maximum Gasteiger partial charge on any atom is 0.418 e. The topological polar surface area (TPSA) is 108 Å². The number of hydrogen-bond acceptors (Lipinski definition) is 6. The van der Waals surface area contributed by atoms with Crippen molar-refractivity contribution in [3.63, 3.8) is 0 Å². The largest absolute Gasteiger partial charge is 0.427 e. The van der Waals surface area contributed by atoms with Gasteiger partial charge in [0.25, 0.3) is 5.91 Å². The molecule has 1 atom stereocenters. The first-order chi connectivity index (χ1) is 16.4. The lowest BCUT2D eigenvalue weighted by atomic mass is 9.94. The number of benzene rings is 2. The summed E-state index contributed by atoms with van der Waals surface area (Å²) < 4.78 is 5.64. The predicted octanol–water partition coefficient (Wildman–Crippen LogP) is 2.69. The molecule has 0 aromatic heterocycles. The third-order valence-electron chi connectivity index (χ3n) is 6.44. The van der Waals surface area contributed by atoms with E-state index in [1.54, 1.807) is 34.9 Å². The van der Waals surface area contributed by atoms with Gasteiger partial charge in [0.1, 0.15) is 6.54 Å². The van der Waals surface area contributed by atoms with Crippen molar-refractivity contribution in [2.24, 2.45) is 0 Å². The highest BCUT2D eigenvalue weighted by Crippen LogP contribution is 2.46. The molecule has 0 bridgehead atoms. The van der Waals surface area contributed by atoms with E-state index in [4.69, 9.17) is 4.74 Å². The summed E-state index contributed by atoms with van der Waals surface area (Å²) in [6.45, 7) is 0.621. The second-order valence-corrected chi connectivity index (χ2v) is 9.57.